The predicted molar refractivity (Wildman–Crippen MR) is 87.1 cm³/mol. The van der Waals surface area contributed by atoms with E-state index in [1.165, 1.54) is 5.56 Å². The molecule has 1 aromatic rings. The third-order valence-corrected chi connectivity index (χ3v) is 5.08. The van der Waals surface area contributed by atoms with Crippen LogP contribution in [0.25, 0.3) is 0 Å². The molecule has 2 aliphatic rings. The van der Waals surface area contributed by atoms with Crippen LogP contribution >= 0.6 is 11.6 Å². The van der Waals surface area contributed by atoms with E-state index in [0.29, 0.717) is 19.0 Å². The molecule has 4 nitrogen and oxygen atoms in total. The van der Waals surface area contributed by atoms with Crippen molar-refractivity contribution in [2.75, 3.05) is 20.1 Å². The third kappa shape index (κ3) is 3.55. The van der Waals surface area contributed by atoms with Crippen molar-refractivity contribution in [1.82, 2.24) is 10.2 Å². The van der Waals surface area contributed by atoms with Crippen LogP contribution in [-0.4, -0.2) is 42.3 Å². The molecule has 0 radical (unpaired) electrons. The minimum atomic E-state index is -0.390. The van der Waals surface area contributed by atoms with Crippen molar-refractivity contribution in [2.24, 2.45) is 5.92 Å². The van der Waals surface area contributed by atoms with Crippen LogP contribution in [0.3, 0.4) is 0 Å². The van der Waals surface area contributed by atoms with E-state index in [-0.39, 0.29) is 11.4 Å². The lowest BCUT2D eigenvalue weighted by atomic mass is 9.96. The third-order valence-electron chi connectivity index (χ3n) is 4.84. The van der Waals surface area contributed by atoms with E-state index in [4.69, 9.17) is 11.6 Å². The average molecular weight is 323 g/mol. The molecule has 0 heterocycles. The predicted octanol–water partition coefficient (Wildman–Crippen LogP) is 2.78. The number of nitrogens with zero attached hydrogens (tertiary/aromatic N) is 1. The number of carbonyl (C=O) groups is 1. The summed E-state index contributed by atoms with van der Waals surface area (Å²) in [7, 11) is 1.74. The molecule has 2 aliphatic carbocycles. The maximum atomic E-state index is 12.2. The van der Waals surface area contributed by atoms with Crippen molar-refractivity contribution in [3.05, 3.63) is 34.9 Å². The zero-order chi connectivity index (χ0) is 15.7. The van der Waals surface area contributed by atoms with Crippen LogP contribution in [0.2, 0.25) is 5.02 Å². The van der Waals surface area contributed by atoms with Crippen molar-refractivity contribution in [2.45, 2.75) is 37.2 Å². The first-order chi connectivity index (χ1) is 10.5. The summed E-state index contributed by atoms with van der Waals surface area (Å²) < 4.78 is 0. The molecular formula is C17H23ClN2O2. The minimum absolute atomic E-state index is 0.0382. The van der Waals surface area contributed by atoms with E-state index in [1.807, 2.05) is 18.2 Å². The van der Waals surface area contributed by atoms with E-state index in [9.17, 15) is 9.90 Å². The Hall–Kier alpha value is -1.26. The number of likely N-dealkylation sites (N-methyl/N-ethyl adjacent to an activating group) is 1. The lowest BCUT2D eigenvalue weighted by Gasteiger charge is -2.23. The van der Waals surface area contributed by atoms with Gasteiger partial charge in [-0.15, -0.1) is 0 Å². The second-order valence-electron chi connectivity index (χ2n) is 6.73. The number of aliphatic hydroxyl groups is 1. The average Bonchev–Trinajstić information content (AvgIpc) is 3.39. The van der Waals surface area contributed by atoms with Crippen LogP contribution < -0.4 is 5.32 Å². The van der Waals surface area contributed by atoms with Gasteiger partial charge in [0.25, 0.3) is 0 Å². The van der Waals surface area contributed by atoms with Crippen molar-refractivity contribution >= 4 is 17.6 Å². The van der Waals surface area contributed by atoms with Crippen molar-refractivity contribution in [3.63, 3.8) is 0 Å². The van der Waals surface area contributed by atoms with Gasteiger partial charge in [0.05, 0.1) is 6.10 Å². The number of aliphatic hydroxyl groups excluding tert-OH is 1. The van der Waals surface area contributed by atoms with Crippen LogP contribution in [0.5, 0.6) is 0 Å². The first-order valence-corrected chi connectivity index (χ1v) is 8.31. The smallest absolute Gasteiger partial charge is 0.317 e. The number of urea groups is 1. The number of amides is 2. The van der Waals surface area contributed by atoms with Crippen molar-refractivity contribution < 1.29 is 9.90 Å². The molecule has 5 heteroatoms. The highest BCUT2D eigenvalue weighted by molar-refractivity contribution is 6.30. The normalized spacial score (nSPS) is 20.3. The summed E-state index contributed by atoms with van der Waals surface area (Å²) in [5, 5.41) is 13.7. The maximum absolute atomic E-state index is 12.2. The molecule has 1 aromatic carbocycles. The monoisotopic (exact) mass is 322 g/mol. The van der Waals surface area contributed by atoms with Gasteiger partial charge < -0.3 is 15.3 Å². The Morgan fingerprint density at radius 3 is 2.82 bits per heavy atom. The standard InChI is InChI=1S/C17H23ClN2O2/c1-20(10-15(21)12-5-6-12)16(22)19-11-17(7-8-17)13-3-2-4-14(18)9-13/h2-4,9,12,15,21H,5-8,10-11H2,1H3,(H,19,22). The molecule has 0 aromatic heterocycles. The number of benzene rings is 1. The molecule has 22 heavy (non-hydrogen) atoms. The number of halogens is 1. The molecule has 2 saturated carbocycles. The van der Waals surface area contributed by atoms with Gasteiger partial charge in [0.2, 0.25) is 0 Å². The van der Waals surface area contributed by atoms with E-state index in [0.717, 1.165) is 30.7 Å². The molecule has 2 N–H and O–H groups in total. The highest BCUT2D eigenvalue weighted by Gasteiger charge is 2.44. The Balaban J connectivity index is 1.52. The summed E-state index contributed by atoms with van der Waals surface area (Å²) in [5.74, 6) is 0.386. The molecule has 2 amide bonds. The summed E-state index contributed by atoms with van der Waals surface area (Å²) in [6, 6.07) is 7.77. The Morgan fingerprint density at radius 2 is 2.23 bits per heavy atom. The van der Waals surface area contributed by atoms with Crippen LogP contribution in [0.4, 0.5) is 4.79 Å². The maximum Gasteiger partial charge on any atom is 0.317 e. The van der Waals surface area contributed by atoms with E-state index >= 15 is 0 Å². The number of nitrogens with one attached hydrogen (secondary N) is 1. The fourth-order valence-corrected chi connectivity index (χ4v) is 3.10. The number of hydrogen-bond donors (Lipinski definition) is 2. The topological polar surface area (TPSA) is 52.6 Å². The fraction of sp³-hybridized carbons (Fsp3) is 0.588. The molecule has 3 rings (SSSR count). The second kappa shape index (κ2) is 6.09. The molecule has 0 spiro atoms. The Kier molecular flexibility index (Phi) is 4.33. The van der Waals surface area contributed by atoms with Gasteiger partial charge >= 0.3 is 6.03 Å². The Labute approximate surface area is 136 Å². The Bertz CT molecular complexity index is 555. The second-order valence-corrected chi connectivity index (χ2v) is 7.17. The molecule has 120 valence electrons. The SMILES string of the molecule is CN(CC(O)C1CC1)C(=O)NCC1(c2cccc(Cl)c2)CC1. The highest BCUT2D eigenvalue weighted by atomic mass is 35.5. The van der Waals surface area contributed by atoms with Gasteiger partial charge in [0.1, 0.15) is 0 Å². The van der Waals surface area contributed by atoms with Gasteiger partial charge in [0, 0.05) is 30.6 Å². The molecule has 1 atom stereocenters. The number of hydrogen-bond acceptors (Lipinski definition) is 2. The summed E-state index contributed by atoms with van der Waals surface area (Å²) >= 11 is 6.06. The molecule has 0 bridgehead atoms. The summed E-state index contributed by atoms with van der Waals surface area (Å²) in [6.45, 7) is 1.02. The highest BCUT2D eigenvalue weighted by Crippen LogP contribution is 2.48. The number of rotatable bonds is 6. The number of carbonyl (C=O) groups excluding carboxylic acids is 1. The lowest BCUT2D eigenvalue weighted by Crippen LogP contribution is -2.44. The quantitative estimate of drug-likeness (QED) is 0.846. The Morgan fingerprint density at radius 1 is 1.50 bits per heavy atom. The molecular weight excluding hydrogens is 300 g/mol. The van der Waals surface area contributed by atoms with Crippen molar-refractivity contribution in [1.29, 1.82) is 0 Å². The zero-order valence-electron chi connectivity index (χ0n) is 12.9. The minimum Gasteiger partial charge on any atom is -0.391 e. The molecule has 1 unspecified atom stereocenters. The van der Waals surface area contributed by atoms with Crippen LogP contribution in [0, 0.1) is 5.92 Å². The summed E-state index contributed by atoms with van der Waals surface area (Å²) in [6.07, 6.45) is 3.91. The van der Waals surface area contributed by atoms with E-state index in [2.05, 4.69) is 11.4 Å². The summed E-state index contributed by atoms with van der Waals surface area (Å²) in [4.78, 5) is 13.8. The lowest BCUT2D eigenvalue weighted by molar-refractivity contribution is 0.113. The van der Waals surface area contributed by atoms with Gasteiger partial charge in [-0.05, 0) is 49.3 Å². The van der Waals surface area contributed by atoms with Crippen molar-refractivity contribution in [3.8, 4) is 0 Å². The van der Waals surface area contributed by atoms with Gasteiger partial charge in [-0.2, -0.15) is 0 Å². The van der Waals surface area contributed by atoms with Gasteiger partial charge in [-0.3, -0.25) is 0 Å². The van der Waals surface area contributed by atoms with E-state index < -0.39 is 6.10 Å². The molecule has 0 aliphatic heterocycles. The summed E-state index contributed by atoms with van der Waals surface area (Å²) in [5.41, 5.74) is 1.23. The van der Waals surface area contributed by atoms with E-state index in [1.54, 1.807) is 11.9 Å². The zero-order valence-corrected chi connectivity index (χ0v) is 13.6. The van der Waals surface area contributed by atoms with Crippen LogP contribution in [0.1, 0.15) is 31.2 Å². The fourth-order valence-electron chi connectivity index (χ4n) is 2.91. The van der Waals surface area contributed by atoms with Crippen LogP contribution in [-0.2, 0) is 5.41 Å². The van der Waals surface area contributed by atoms with Gasteiger partial charge in [0.15, 0.2) is 0 Å². The first kappa shape index (κ1) is 15.6. The van der Waals surface area contributed by atoms with Crippen LogP contribution in [0.15, 0.2) is 24.3 Å². The van der Waals surface area contributed by atoms with Gasteiger partial charge in [-0.1, -0.05) is 23.7 Å². The molecule has 2 fully saturated rings. The first-order valence-electron chi connectivity index (χ1n) is 7.93. The van der Waals surface area contributed by atoms with Gasteiger partial charge in [-0.25, -0.2) is 4.79 Å². The molecule has 0 saturated heterocycles. The largest absolute Gasteiger partial charge is 0.391 e.